The van der Waals surface area contributed by atoms with E-state index < -0.39 is 0 Å². The minimum absolute atomic E-state index is 0.372. The maximum atomic E-state index is 9.34. The van der Waals surface area contributed by atoms with Crippen molar-refractivity contribution < 1.29 is 9.47 Å². The first kappa shape index (κ1) is 21.5. The van der Waals surface area contributed by atoms with Crippen LogP contribution in [0.5, 0.6) is 11.5 Å². The van der Waals surface area contributed by atoms with Crippen molar-refractivity contribution in [1.82, 2.24) is 0 Å². The van der Waals surface area contributed by atoms with Crippen molar-refractivity contribution in [1.29, 1.82) is 10.5 Å². The number of methoxy groups -OCH3 is 2. The van der Waals surface area contributed by atoms with Crippen molar-refractivity contribution >= 4 is 17.1 Å². The Morgan fingerprint density at radius 2 is 0.970 bits per heavy atom. The summed E-state index contributed by atoms with van der Waals surface area (Å²) < 4.78 is 10.6. The quantitative estimate of drug-likeness (QED) is 0.345. The van der Waals surface area contributed by atoms with Gasteiger partial charge in [0.25, 0.3) is 0 Å². The lowest BCUT2D eigenvalue weighted by Crippen LogP contribution is -2.09. The van der Waals surface area contributed by atoms with Crippen LogP contribution in [0.25, 0.3) is 11.1 Å². The van der Waals surface area contributed by atoms with Gasteiger partial charge in [0.05, 0.1) is 25.3 Å². The van der Waals surface area contributed by atoms with Gasteiger partial charge in [0.1, 0.15) is 23.6 Å². The van der Waals surface area contributed by atoms with Crippen LogP contribution in [0, 0.1) is 22.7 Å². The van der Waals surface area contributed by atoms with Gasteiger partial charge in [0, 0.05) is 17.1 Å². The summed E-state index contributed by atoms with van der Waals surface area (Å²) >= 11 is 0. The van der Waals surface area contributed by atoms with Gasteiger partial charge in [0.15, 0.2) is 0 Å². The van der Waals surface area contributed by atoms with Crippen LogP contribution in [0.3, 0.4) is 0 Å². The predicted octanol–water partition coefficient (Wildman–Crippen LogP) is 6.58. The van der Waals surface area contributed by atoms with Gasteiger partial charge in [-0.05, 0) is 83.9 Å². The molecule has 0 saturated heterocycles. The molecule has 0 aliphatic heterocycles. The van der Waals surface area contributed by atoms with Crippen molar-refractivity contribution in [3.8, 4) is 34.8 Å². The van der Waals surface area contributed by atoms with Crippen LogP contribution >= 0.6 is 0 Å². The van der Waals surface area contributed by atoms with E-state index in [4.69, 9.17) is 14.7 Å². The Morgan fingerprint density at radius 1 is 0.545 bits per heavy atom. The monoisotopic (exact) mass is 431 g/mol. The third-order valence-electron chi connectivity index (χ3n) is 5.38. The normalized spacial score (nSPS) is 10.1. The van der Waals surface area contributed by atoms with Crippen molar-refractivity contribution in [2.24, 2.45) is 0 Å². The van der Waals surface area contributed by atoms with Crippen LogP contribution in [0.1, 0.15) is 11.1 Å². The third-order valence-corrected chi connectivity index (χ3v) is 5.38. The lowest BCUT2D eigenvalue weighted by atomic mass is 10.00. The second kappa shape index (κ2) is 9.60. The zero-order chi connectivity index (χ0) is 23.2. The molecule has 33 heavy (non-hydrogen) atoms. The highest BCUT2D eigenvalue weighted by atomic mass is 16.5. The fraction of sp³-hybridized carbons (Fsp3) is 0.0714. The Kier molecular flexibility index (Phi) is 6.25. The van der Waals surface area contributed by atoms with Crippen LogP contribution in [-0.2, 0) is 0 Å². The SMILES string of the molecule is COc1ccc(N(c2ccc(OC)cc2)c2ccc(-c3ccc(C#N)c(C#N)c3)cc2)cc1. The number of nitriles is 2. The minimum atomic E-state index is 0.372. The molecular weight excluding hydrogens is 410 g/mol. The van der Waals surface area contributed by atoms with E-state index >= 15 is 0 Å². The number of ether oxygens (including phenoxy) is 2. The van der Waals surface area contributed by atoms with E-state index in [-0.39, 0.29) is 0 Å². The maximum Gasteiger partial charge on any atom is 0.119 e. The molecule has 160 valence electrons. The molecule has 5 heteroatoms. The van der Waals surface area contributed by atoms with Crippen molar-refractivity contribution in [2.45, 2.75) is 0 Å². The number of nitrogens with zero attached hydrogens (tertiary/aromatic N) is 3. The van der Waals surface area contributed by atoms with E-state index in [1.165, 1.54) is 0 Å². The Morgan fingerprint density at radius 3 is 1.39 bits per heavy atom. The molecule has 0 saturated carbocycles. The maximum absolute atomic E-state index is 9.34. The lowest BCUT2D eigenvalue weighted by molar-refractivity contribution is 0.415. The van der Waals surface area contributed by atoms with E-state index in [1.54, 1.807) is 26.4 Å². The molecule has 4 rings (SSSR count). The summed E-state index contributed by atoms with van der Waals surface area (Å²) in [7, 11) is 3.30. The Bertz CT molecular complexity index is 1280. The van der Waals surface area contributed by atoms with Gasteiger partial charge in [-0.2, -0.15) is 10.5 Å². The first-order chi connectivity index (χ1) is 16.2. The number of hydrogen-bond acceptors (Lipinski definition) is 5. The van der Waals surface area contributed by atoms with Gasteiger partial charge < -0.3 is 14.4 Å². The first-order valence-corrected chi connectivity index (χ1v) is 10.3. The number of hydrogen-bond donors (Lipinski definition) is 0. The highest BCUT2D eigenvalue weighted by molar-refractivity contribution is 5.79. The molecule has 0 atom stereocenters. The van der Waals surface area contributed by atoms with E-state index in [0.717, 1.165) is 39.7 Å². The molecule has 0 radical (unpaired) electrons. The van der Waals surface area contributed by atoms with Crippen LogP contribution in [0.2, 0.25) is 0 Å². The third kappa shape index (κ3) is 4.49. The molecule has 5 nitrogen and oxygen atoms in total. The van der Waals surface area contributed by atoms with Gasteiger partial charge in [-0.25, -0.2) is 0 Å². The second-order valence-corrected chi connectivity index (χ2v) is 7.26. The molecule has 0 bridgehead atoms. The number of rotatable bonds is 6. The molecular formula is C28H21N3O2. The zero-order valence-corrected chi connectivity index (χ0v) is 18.3. The van der Waals surface area contributed by atoms with Gasteiger partial charge in [-0.3, -0.25) is 0 Å². The Balaban J connectivity index is 1.74. The van der Waals surface area contributed by atoms with Gasteiger partial charge >= 0.3 is 0 Å². The molecule has 0 N–H and O–H groups in total. The summed E-state index contributed by atoms with van der Waals surface area (Å²) in [6.45, 7) is 0. The topological polar surface area (TPSA) is 69.3 Å². The summed E-state index contributed by atoms with van der Waals surface area (Å²) in [5.41, 5.74) is 5.54. The van der Waals surface area contributed by atoms with Crippen LogP contribution in [0.15, 0.2) is 91.0 Å². The van der Waals surface area contributed by atoms with Crippen LogP contribution < -0.4 is 14.4 Å². The van der Waals surface area contributed by atoms with Crippen molar-refractivity contribution in [3.63, 3.8) is 0 Å². The lowest BCUT2D eigenvalue weighted by Gasteiger charge is -2.26. The summed E-state index contributed by atoms with van der Waals surface area (Å²) in [4.78, 5) is 2.14. The molecule has 0 spiro atoms. The highest BCUT2D eigenvalue weighted by Crippen LogP contribution is 2.37. The summed E-state index contributed by atoms with van der Waals surface area (Å²) in [6.07, 6.45) is 0. The van der Waals surface area contributed by atoms with E-state index in [9.17, 15) is 5.26 Å². The Hall–Kier alpha value is -4.74. The van der Waals surface area contributed by atoms with E-state index in [0.29, 0.717) is 11.1 Å². The average molecular weight is 431 g/mol. The number of anilines is 3. The minimum Gasteiger partial charge on any atom is -0.497 e. The summed E-state index contributed by atoms with van der Waals surface area (Å²) in [5.74, 6) is 1.58. The molecule has 0 aromatic heterocycles. The average Bonchev–Trinajstić information content (AvgIpc) is 2.89. The molecule has 4 aromatic rings. The fourth-order valence-corrected chi connectivity index (χ4v) is 3.63. The van der Waals surface area contributed by atoms with Gasteiger partial charge in [0.2, 0.25) is 0 Å². The highest BCUT2D eigenvalue weighted by Gasteiger charge is 2.13. The van der Waals surface area contributed by atoms with Crippen molar-refractivity contribution in [2.75, 3.05) is 19.1 Å². The summed E-state index contributed by atoms with van der Waals surface area (Å²) in [5, 5.41) is 18.5. The standard InChI is InChI=1S/C28H21N3O2/c1-32-27-13-9-25(10-14-27)31(26-11-15-28(33-2)16-12-26)24-7-5-20(6-8-24)21-3-4-22(18-29)23(17-21)19-30/h3-17H,1-2H3. The smallest absolute Gasteiger partial charge is 0.119 e. The Labute approximate surface area is 193 Å². The van der Waals surface area contributed by atoms with E-state index in [1.807, 2.05) is 78.9 Å². The second-order valence-electron chi connectivity index (χ2n) is 7.26. The summed E-state index contributed by atoms with van der Waals surface area (Å²) in [6, 6.07) is 33.3. The van der Waals surface area contributed by atoms with Crippen molar-refractivity contribution in [3.05, 3.63) is 102 Å². The first-order valence-electron chi connectivity index (χ1n) is 10.3. The van der Waals surface area contributed by atoms with Crippen LogP contribution in [0.4, 0.5) is 17.1 Å². The molecule has 0 aliphatic rings. The largest absolute Gasteiger partial charge is 0.497 e. The fourth-order valence-electron chi connectivity index (χ4n) is 3.63. The van der Waals surface area contributed by atoms with Gasteiger partial charge in [-0.15, -0.1) is 0 Å². The molecule has 0 aliphatic carbocycles. The molecule has 4 aromatic carbocycles. The molecule has 0 fully saturated rings. The predicted molar refractivity (Wildman–Crippen MR) is 129 cm³/mol. The van der Waals surface area contributed by atoms with Gasteiger partial charge in [-0.1, -0.05) is 18.2 Å². The molecule has 0 amide bonds. The zero-order valence-electron chi connectivity index (χ0n) is 18.3. The molecule has 0 unspecified atom stereocenters. The van der Waals surface area contributed by atoms with E-state index in [2.05, 4.69) is 17.0 Å². The number of benzene rings is 4. The van der Waals surface area contributed by atoms with Crippen LogP contribution in [-0.4, -0.2) is 14.2 Å². The molecule has 0 heterocycles.